The third-order valence-electron chi connectivity index (χ3n) is 5.40. The largest absolute Gasteiger partial charge is 0.480 e. The van der Waals surface area contributed by atoms with E-state index < -0.39 is 97.0 Å². The number of hydrogen-bond donors (Lipinski definition) is 8. The van der Waals surface area contributed by atoms with Crippen LogP contribution in [0.15, 0.2) is 0 Å². The molecule has 0 aliphatic carbocycles. The number of carboxylic acids is 2. The van der Waals surface area contributed by atoms with Gasteiger partial charge in [0.25, 0.3) is 0 Å². The van der Waals surface area contributed by atoms with Gasteiger partial charge in [-0.2, -0.15) is 0 Å². The van der Waals surface area contributed by atoms with Crippen LogP contribution < -0.4 is 32.7 Å². The molecular weight excluding hydrogens is 652 g/mol. The van der Waals surface area contributed by atoms with Gasteiger partial charge in [-0.25, -0.2) is 0 Å². The van der Waals surface area contributed by atoms with Crippen molar-refractivity contribution in [3.05, 3.63) is 0 Å². The van der Waals surface area contributed by atoms with Gasteiger partial charge in [-0.3, -0.25) is 38.4 Å². The number of nitrogens with two attached hydrogens (primary N) is 2. The van der Waals surface area contributed by atoms with Crippen molar-refractivity contribution >= 4 is 69.1 Å². The molecule has 0 bridgehead atoms. The molecule has 0 saturated carbocycles. The van der Waals surface area contributed by atoms with E-state index >= 15 is 0 Å². The van der Waals surface area contributed by atoms with E-state index in [2.05, 4.69) is 21.3 Å². The van der Waals surface area contributed by atoms with Crippen LogP contribution in [-0.2, 0) is 47.8 Å². The fourth-order valence-corrected chi connectivity index (χ4v) is 5.45. The number of rotatable bonds is 23. The molecule has 0 aromatic rings. The van der Waals surface area contributed by atoms with E-state index in [1.165, 1.54) is 0 Å². The van der Waals surface area contributed by atoms with Gasteiger partial charge in [0.15, 0.2) is 0 Å². The summed E-state index contributed by atoms with van der Waals surface area (Å²) in [6, 6.07) is -5.00. The van der Waals surface area contributed by atoms with Crippen molar-refractivity contribution in [3.63, 3.8) is 0 Å². The van der Waals surface area contributed by atoms with Crippen LogP contribution in [0.25, 0.3) is 0 Å². The van der Waals surface area contributed by atoms with Crippen molar-refractivity contribution in [2.75, 3.05) is 24.6 Å². The summed E-state index contributed by atoms with van der Waals surface area (Å²) < 4.78 is 9.93. The van der Waals surface area contributed by atoms with Crippen molar-refractivity contribution in [3.8, 4) is 0 Å². The molecule has 0 aromatic heterocycles. The number of amides is 4. The zero-order valence-electron chi connectivity index (χ0n) is 26.1. The van der Waals surface area contributed by atoms with Crippen molar-refractivity contribution in [2.24, 2.45) is 11.5 Å². The number of esters is 2. The molecule has 0 rings (SSSR count). The molecule has 0 saturated heterocycles. The molecule has 0 unspecified atom stereocenters. The van der Waals surface area contributed by atoms with Crippen molar-refractivity contribution < 1.29 is 58.0 Å². The van der Waals surface area contributed by atoms with Crippen LogP contribution in [0.2, 0.25) is 0 Å². The highest BCUT2D eigenvalue weighted by Gasteiger charge is 2.26. The van der Waals surface area contributed by atoms with Crippen LogP contribution in [0, 0.1) is 0 Å². The lowest BCUT2D eigenvalue weighted by atomic mass is 10.1. The summed E-state index contributed by atoms with van der Waals surface area (Å²) in [5, 5.41) is 27.5. The third-order valence-corrected chi connectivity index (χ3v) is 7.83. The minimum atomic E-state index is -1.30. The smallest absolute Gasteiger partial charge is 0.325 e. The summed E-state index contributed by atoms with van der Waals surface area (Å²) >= 11 is 0. The zero-order chi connectivity index (χ0) is 35.4. The minimum Gasteiger partial charge on any atom is -0.480 e. The van der Waals surface area contributed by atoms with Gasteiger partial charge < -0.3 is 52.4 Å². The van der Waals surface area contributed by atoms with Gasteiger partial charge in [0.2, 0.25) is 23.6 Å². The molecule has 0 spiro atoms. The van der Waals surface area contributed by atoms with Crippen LogP contribution in [0.3, 0.4) is 0 Å². The van der Waals surface area contributed by atoms with Crippen LogP contribution >= 0.6 is 21.6 Å². The summed E-state index contributed by atoms with van der Waals surface area (Å²) in [4.78, 5) is 96.1. The van der Waals surface area contributed by atoms with Crippen LogP contribution in [0.1, 0.15) is 53.4 Å². The molecule has 0 fully saturated rings. The van der Waals surface area contributed by atoms with E-state index in [0.29, 0.717) is 0 Å². The Kier molecular flexibility index (Phi) is 21.0. The predicted molar refractivity (Wildman–Crippen MR) is 167 cm³/mol. The second kappa shape index (κ2) is 22.8. The maximum absolute atomic E-state index is 12.8. The minimum absolute atomic E-state index is 0.0943. The molecule has 0 radical (unpaired) electrons. The Morgan fingerprint density at radius 3 is 1.24 bits per heavy atom. The molecular formula is C26H44N6O12S2. The lowest BCUT2D eigenvalue weighted by Crippen LogP contribution is -2.50. The third kappa shape index (κ3) is 20.4. The number of carbonyl (C=O) groups excluding carboxylic acids is 6. The first kappa shape index (κ1) is 42.4. The SMILES string of the molecule is CC(C)OC(=O)CNC(=O)[C@H](CSSC[C@H](NC(=O)CC[C@H](N)C(=O)O)C(=O)NCC(=O)OC(C)C)NC(=O)CC[C@H](N)C(=O)O. The highest BCUT2D eigenvalue weighted by molar-refractivity contribution is 8.76. The molecule has 20 heteroatoms. The quantitative estimate of drug-likeness (QED) is 0.0321. The van der Waals surface area contributed by atoms with E-state index in [9.17, 15) is 38.4 Å². The lowest BCUT2D eigenvalue weighted by molar-refractivity contribution is -0.148. The molecule has 46 heavy (non-hydrogen) atoms. The molecule has 4 atom stereocenters. The molecule has 262 valence electrons. The number of hydrogen-bond acceptors (Lipinski definition) is 14. The van der Waals surface area contributed by atoms with Gasteiger partial charge in [-0.05, 0) is 40.5 Å². The Balaban J connectivity index is 5.44. The number of nitrogens with one attached hydrogen (secondary N) is 4. The predicted octanol–water partition coefficient (Wildman–Crippen LogP) is -2.14. The Bertz CT molecular complexity index is 996. The van der Waals surface area contributed by atoms with Gasteiger partial charge in [-0.15, -0.1) is 0 Å². The molecule has 4 amide bonds. The fraction of sp³-hybridized carbons (Fsp3) is 0.692. The average molecular weight is 697 g/mol. The Morgan fingerprint density at radius 2 is 0.957 bits per heavy atom. The number of carboxylic acid groups (broad SMARTS) is 2. The summed E-state index contributed by atoms with van der Waals surface area (Å²) in [5.41, 5.74) is 10.9. The zero-order valence-corrected chi connectivity index (χ0v) is 27.7. The molecule has 0 aromatic carbocycles. The van der Waals surface area contributed by atoms with Gasteiger partial charge in [0, 0.05) is 24.3 Å². The Labute approximate surface area is 273 Å². The van der Waals surface area contributed by atoms with Crippen molar-refractivity contribution in [2.45, 2.75) is 89.8 Å². The van der Waals surface area contributed by atoms with Crippen molar-refractivity contribution in [1.82, 2.24) is 21.3 Å². The normalized spacial score (nSPS) is 13.5. The van der Waals surface area contributed by atoms with Gasteiger partial charge in [0.05, 0.1) is 12.2 Å². The topological polar surface area (TPSA) is 296 Å². The summed E-state index contributed by atoms with van der Waals surface area (Å²) in [6.07, 6.45) is -1.85. The van der Waals surface area contributed by atoms with E-state index in [1.807, 2.05) is 0 Å². The summed E-state index contributed by atoms with van der Waals surface area (Å²) in [5.74, 6) is -7.06. The standard InChI is InChI=1S/C26H44N6O12S2/c1-13(2)43-21(35)9-29-23(37)17(31-19(33)7-5-15(27)25(39)40)11-45-46-12-18(24(38)30-10-22(36)44-14(3)4)32-20(34)8-6-16(28)26(41)42/h13-18H,5-12,27-28H2,1-4H3,(H,29,37)(H,30,38)(H,31,33)(H,32,34)(H,39,40)(H,41,42)/t15-,16-,17-,18-/m0/s1. The van der Waals surface area contributed by atoms with E-state index in [0.717, 1.165) is 21.6 Å². The van der Waals surface area contributed by atoms with Crippen LogP contribution in [0.5, 0.6) is 0 Å². The van der Waals surface area contributed by atoms with Crippen molar-refractivity contribution in [1.29, 1.82) is 0 Å². The second-order valence-corrected chi connectivity index (χ2v) is 12.8. The number of carbonyl (C=O) groups is 8. The van der Waals surface area contributed by atoms with Gasteiger partial charge in [-0.1, -0.05) is 21.6 Å². The summed E-state index contributed by atoms with van der Waals surface area (Å²) in [6.45, 7) is 5.52. The first-order valence-electron chi connectivity index (χ1n) is 14.2. The molecule has 18 nitrogen and oxygen atoms in total. The molecule has 10 N–H and O–H groups in total. The Hall–Kier alpha value is -3.62. The summed E-state index contributed by atoms with van der Waals surface area (Å²) in [7, 11) is 2.04. The number of aliphatic carboxylic acids is 2. The average Bonchev–Trinajstić information content (AvgIpc) is 2.95. The maximum Gasteiger partial charge on any atom is 0.325 e. The van der Waals surface area contributed by atoms with E-state index in [-0.39, 0.29) is 37.2 Å². The second-order valence-electron chi connectivity index (χ2n) is 10.3. The first-order valence-corrected chi connectivity index (χ1v) is 16.7. The molecule has 0 aliphatic rings. The fourth-order valence-electron chi connectivity index (χ4n) is 3.13. The monoisotopic (exact) mass is 696 g/mol. The maximum atomic E-state index is 12.8. The lowest BCUT2D eigenvalue weighted by Gasteiger charge is -2.20. The highest BCUT2D eigenvalue weighted by atomic mass is 33.1. The van der Waals surface area contributed by atoms with Gasteiger partial charge >= 0.3 is 23.9 Å². The van der Waals surface area contributed by atoms with E-state index in [1.54, 1.807) is 27.7 Å². The molecule has 0 aliphatic heterocycles. The van der Waals surface area contributed by atoms with Gasteiger partial charge in [0.1, 0.15) is 37.3 Å². The Morgan fingerprint density at radius 1 is 0.630 bits per heavy atom. The first-order chi connectivity index (χ1) is 21.4. The van der Waals surface area contributed by atoms with E-state index in [4.69, 9.17) is 31.2 Å². The highest BCUT2D eigenvalue weighted by Crippen LogP contribution is 2.23. The molecule has 0 heterocycles. The van der Waals surface area contributed by atoms with Crippen LogP contribution in [0.4, 0.5) is 0 Å². The van der Waals surface area contributed by atoms with Crippen LogP contribution in [-0.4, -0.2) is 119 Å². The number of ether oxygens (including phenoxy) is 2.